The zero-order valence-corrected chi connectivity index (χ0v) is 26.4. The van der Waals surface area contributed by atoms with Gasteiger partial charge in [-0.05, 0) is 46.5 Å². The minimum Gasteiger partial charge on any atom is -0.569 e. The van der Waals surface area contributed by atoms with Crippen LogP contribution in [0.1, 0.15) is 53.3 Å². The third-order valence-electron chi connectivity index (χ3n) is 6.28. The molecular weight excluding hydrogens is 628 g/mol. The van der Waals surface area contributed by atoms with Gasteiger partial charge in [0.25, 0.3) is 5.91 Å². The molecule has 4 aromatic rings. The number of aryl methyl sites for hydroxylation is 1. The molecule has 8 nitrogen and oxygen atoms in total. The van der Waals surface area contributed by atoms with Crippen LogP contribution in [0.2, 0.25) is 0 Å². The second-order valence-corrected chi connectivity index (χ2v) is 11.3. The number of fused-ring (bicyclic) bond motifs is 1. The number of rotatable bonds is 8. The van der Waals surface area contributed by atoms with Gasteiger partial charge < -0.3 is 19.4 Å². The Hall–Kier alpha value is -1.68. The summed E-state index contributed by atoms with van der Waals surface area (Å²) in [5.74, 6) is 0.568. The van der Waals surface area contributed by atoms with E-state index in [0.717, 1.165) is 36.0 Å². The molecular formula is C25H21BrF3KN4O4S. The second-order valence-electron chi connectivity index (χ2n) is 8.95. The Morgan fingerprint density at radius 1 is 1.23 bits per heavy atom. The fraction of sp³-hybridized carbons (Fsp3) is 0.280. The number of primary amides is 1. The summed E-state index contributed by atoms with van der Waals surface area (Å²) in [4.78, 5) is 17.0. The largest absolute Gasteiger partial charge is 1.00 e. The Balaban J connectivity index is 0.00000353. The standard InChI is InChI=1S/C25H21BrF3N4O4S.K/c1-2-19-31-21(14-8-9-14)22(24(30)34)33(19)12-13-7-10-18-16(11-13)20(26)23(37-18)15-5-3-4-6-17(15)32-38(35,36)25(27,28)29;/h3-7,10-11,14H,2,8-9,12H2,1H3,(H2,30,34);/q-1;+1. The number of imidazole rings is 1. The molecule has 0 atom stereocenters. The van der Waals surface area contributed by atoms with Gasteiger partial charge in [-0.3, -0.25) is 4.79 Å². The summed E-state index contributed by atoms with van der Waals surface area (Å²) in [6.45, 7) is 2.27. The summed E-state index contributed by atoms with van der Waals surface area (Å²) in [6, 6.07) is 10.8. The molecule has 1 fully saturated rings. The molecule has 0 bridgehead atoms. The maximum atomic E-state index is 13.0. The van der Waals surface area contributed by atoms with Crippen molar-refractivity contribution in [1.82, 2.24) is 9.55 Å². The van der Waals surface area contributed by atoms with E-state index in [2.05, 4.69) is 25.6 Å². The number of nitrogens with zero attached hydrogens (tertiary/aromatic N) is 3. The molecule has 0 saturated heterocycles. The molecule has 0 aliphatic heterocycles. The number of hydrogen-bond donors (Lipinski definition) is 1. The number of carbonyl (C=O) groups excluding carboxylic acids is 1. The molecule has 2 heterocycles. The molecule has 0 spiro atoms. The smallest absolute Gasteiger partial charge is 0.569 e. The van der Waals surface area contributed by atoms with Gasteiger partial charge in [-0.2, -0.15) is 13.2 Å². The van der Waals surface area contributed by atoms with Crippen molar-refractivity contribution < 1.29 is 82.2 Å². The van der Waals surface area contributed by atoms with Crippen LogP contribution in [0, 0.1) is 0 Å². The number of hydrogen-bond acceptors (Lipinski definition) is 5. The van der Waals surface area contributed by atoms with Gasteiger partial charge in [0, 0.05) is 29.8 Å². The summed E-state index contributed by atoms with van der Waals surface area (Å²) >= 11 is 3.46. The molecule has 0 unspecified atom stereocenters. The van der Waals surface area contributed by atoms with E-state index >= 15 is 0 Å². The normalized spacial score (nSPS) is 13.9. The third-order valence-corrected chi connectivity index (χ3v) is 8.09. The van der Waals surface area contributed by atoms with Crippen molar-refractivity contribution in [2.24, 2.45) is 5.73 Å². The van der Waals surface area contributed by atoms with E-state index in [1.54, 1.807) is 12.1 Å². The van der Waals surface area contributed by atoms with E-state index in [0.29, 0.717) is 34.1 Å². The van der Waals surface area contributed by atoms with Gasteiger partial charge in [-0.1, -0.05) is 37.3 Å². The maximum Gasteiger partial charge on any atom is 1.00 e. The Bertz CT molecular complexity index is 1680. The summed E-state index contributed by atoms with van der Waals surface area (Å²) in [5.41, 5.74) is 2.21. The van der Waals surface area contributed by atoms with Crippen LogP contribution in [0.3, 0.4) is 0 Å². The molecule has 1 saturated carbocycles. The number of sulfonamides is 1. The Morgan fingerprint density at radius 3 is 2.54 bits per heavy atom. The van der Waals surface area contributed by atoms with Crippen LogP contribution in [0.25, 0.3) is 27.0 Å². The minimum absolute atomic E-state index is 0. The quantitative estimate of drug-likeness (QED) is 0.293. The first-order chi connectivity index (χ1) is 17.9. The van der Waals surface area contributed by atoms with Gasteiger partial charge in [0.05, 0.1) is 10.2 Å². The summed E-state index contributed by atoms with van der Waals surface area (Å²) in [5, 5.41) is 0.604. The molecule has 1 amide bonds. The van der Waals surface area contributed by atoms with Crippen molar-refractivity contribution in [3.05, 3.63) is 74.4 Å². The molecule has 2 N–H and O–H groups in total. The van der Waals surface area contributed by atoms with Gasteiger partial charge in [-0.25, -0.2) is 13.4 Å². The number of aromatic nitrogens is 2. The van der Waals surface area contributed by atoms with Crippen LogP contribution < -0.4 is 57.1 Å². The molecule has 14 heteroatoms. The van der Waals surface area contributed by atoms with Gasteiger partial charge in [0.2, 0.25) is 0 Å². The molecule has 1 aliphatic rings. The van der Waals surface area contributed by atoms with E-state index in [-0.39, 0.29) is 68.6 Å². The molecule has 200 valence electrons. The first-order valence-corrected chi connectivity index (χ1v) is 13.9. The monoisotopic (exact) mass is 648 g/mol. The number of amides is 1. The van der Waals surface area contributed by atoms with E-state index in [9.17, 15) is 26.4 Å². The number of alkyl halides is 3. The van der Waals surface area contributed by atoms with Gasteiger partial charge in [0.15, 0.2) is 10.0 Å². The van der Waals surface area contributed by atoms with E-state index < -0.39 is 27.1 Å². The number of furan rings is 1. The molecule has 5 rings (SSSR count). The number of nitrogens with two attached hydrogens (primary N) is 1. The van der Waals surface area contributed by atoms with Crippen molar-refractivity contribution in [1.29, 1.82) is 0 Å². The fourth-order valence-electron chi connectivity index (χ4n) is 4.36. The van der Waals surface area contributed by atoms with Crippen LogP contribution in [0.5, 0.6) is 0 Å². The first kappa shape index (κ1) is 30.3. The van der Waals surface area contributed by atoms with Crippen molar-refractivity contribution in [3.8, 4) is 11.3 Å². The number of carbonyl (C=O) groups is 1. The number of halogens is 4. The fourth-order valence-corrected chi connectivity index (χ4v) is 5.48. The third kappa shape index (κ3) is 5.88. The predicted octanol–water partition coefficient (Wildman–Crippen LogP) is 3.50. The molecule has 2 aromatic heterocycles. The van der Waals surface area contributed by atoms with Gasteiger partial charge in [0.1, 0.15) is 22.9 Å². The van der Waals surface area contributed by atoms with Crippen LogP contribution in [0.15, 0.2) is 51.4 Å². The molecule has 2 aromatic carbocycles. The average Bonchev–Trinajstić information content (AvgIpc) is 3.56. The summed E-state index contributed by atoms with van der Waals surface area (Å²) in [7, 11) is -5.76. The average molecular weight is 650 g/mol. The SMILES string of the molecule is CCc1nc(C2CC2)c(C(N)=O)n1Cc1ccc2oc(-c3ccccc3[N-]S(=O)(=O)C(F)(F)F)c(Br)c2c1.[K+]. The Kier molecular flexibility index (Phi) is 8.77. The zero-order chi connectivity index (χ0) is 27.4. The minimum atomic E-state index is -5.76. The Morgan fingerprint density at radius 2 is 1.92 bits per heavy atom. The van der Waals surface area contributed by atoms with Crippen LogP contribution in [0.4, 0.5) is 18.9 Å². The van der Waals surface area contributed by atoms with Crippen molar-refractivity contribution in [3.63, 3.8) is 0 Å². The van der Waals surface area contributed by atoms with Crippen LogP contribution in [-0.4, -0.2) is 29.4 Å². The Labute approximate surface area is 273 Å². The molecule has 0 radical (unpaired) electrons. The van der Waals surface area contributed by atoms with E-state index in [1.807, 2.05) is 17.6 Å². The van der Waals surface area contributed by atoms with Crippen molar-refractivity contribution >= 4 is 48.5 Å². The van der Waals surface area contributed by atoms with E-state index in [4.69, 9.17) is 10.2 Å². The summed E-state index contributed by atoms with van der Waals surface area (Å²) < 4.78 is 73.4. The zero-order valence-electron chi connectivity index (χ0n) is 20.9. The van der Waals surface area contributed by atoms with Gasteiger partial charge in [-0.15, -0.1) is 5.69 Å². The van der Waals surface area contributed by atoms with Crippen molar-refractivity contribution in [2.45, 2.75) is 44.2 Å². The second kappa shape index (κ2) is 11.3. The molecule has 39 heavy (non-hydrogen) atoms. The predicted molar refractivity (Wildman–Crippen MR) is 139 cm³/mol. The topological polar surface area (TPSA) is 122 Å². The molecule has 1 aliphatic carbocycles. The van der Waals surface area contributed by atoms with E-state index in [1.165, 1.54) is 18.2 Å². The van der Waals surface area contributed by atoms with Crippen LogP contribution in [-0.2, 0) is 23.0 Å². The van der Waals surface area contributed by atoms with Crippen molar-refractivity contribution in [2.75, 3.05) is 0 Å². The number of benzene rings is 2. The summed E-state index contributed by atoms with van der Waals surface area (Å²) in [6.07, 6.45) is 2.54. The maximum absolute atomic E-state index is 13.0. The van der Waals surface area contributed by atoms with Crippen LogP contribution >= 0.6 is 15.9 Å². The first-order valence-electron chi connectivity index (χ1n) is 11.6. The van der Waals surface area contributed by atoms with Gasteiger partial charge >= 0.3 is 56.9 Å².